The molecule has 6 rings (SSSR count). The Kier molecular flexibility index (Phi) is 14.8. The van der Waals surface area contributed by atoms with Crippen LogP contribution in [-0.2, 0) is 48.4 Å². The van der Waals surface area contributed by atoms with Gasteiger partial charge in [-0.15, -0.1) is 11.8 Å². The highest BCUT2D eigenvalue weighted by molar-refractivity contribution is 8.00. The molecule has 2 atom stereocenters. The molecule has 2 aliphatic heterocycles. The van der Waals surface area contributed by atoms with Crippen LogP contribution in [0.4, 0.5) is 9.93 Å². The zero-order chi connectivity index (χ0) is 40.7. The van der Waals surface area contributed by atoms with Gasteiger partial charge in [-0.05, 0) is 81.9 Å². The molecule has 4 N–H and O–H groups in total. The predicted molar refractivity (Wildman–Crippen MR) is 211 cm³/mol. The molecule has 0 bridgehead atoms. The van der Waals surface area contributed by atoms with Crippen LogP contribution >= 0.6 is 23.3 Å². The van der Waals surface area contributed by atoms with Crippen molar-refractivity contribution < 1.29 is 59.8 Å². The number of nitrogens with one attached hydrogen (secondary N) is 2. The Hall–Kier alpha value is -5.12. The predicted octanol–water partition coefficient (Wildman–Crippen LogP) is 0.112. The summed E-state index contributed by atoms with van der Waals surface area (Å²) in [7, 11) is 1.57. The van der Waals surface area contributed by atoms with E-state index in [4.69, 9.17) is 24.8 Å². The Morgan fingerprint density at radius 3 is 2.62 bits per heavy atom. The van der Waals surface area contributed by atoms with E-state index in [1.54, 1.807) is 65.4 Å². The molecule has 0 radical (unpaired) electrons. The number of benzene rings is 1. The number of nitrogens with two attached hydrogens (primary N) is 1. The van der Waals surface area contributed by atoms with E-state index in [1.807, 2.05) is 22.9 Å². The fraction of sp³-hybridized carbons (Fsp3) is 0.432. The molecule has 4 aromatic rings. The number of oxime groups is 1. The number of unbranched alkanes of at least 4 members (excludes halogenated alkanes) is 1. The number of anilines is 1. The zero-order valence-corrected chi connectivity index (χ0v) is 35.8. The van der Waals surface area contributed by atoms with Crippen molar-refractivity contribution in [3.63, 3.8) is 0 Å². The number of halogens is 1. The summed E-state index contributed by atoms with van der Waals surface area (Å²) in [4.78, 5) is 69.5. The summed E-state index contributed by atoms with van der Waals surface area (Å²) in [5, 5.41) is 8.56. The largest absolute Gasteiger partial charge is 1.00 e. The third kappa shape index (κ3) is 10.3. The smallest absolute Gasteiger partial charge is 0.414 e. The van der Waals surface area contributed by atoms with Crippen LogP contribution < -0.4 is 42.7 Å². The number of β-lactam (4-membered cyclic amide) rings is 1. The van der Waals surface area contributed by atoms with E-state index in [2.05, 4.69) is 34.7 Å². The van der Waals surface area contributed by atoms with E-state index in [-0.39, 0.29) is 59.1 Å². The van der Waals surface area contributed by atoms with Crippen molar-refractivity contribution in [1.82, 2.24) is 29.1 Å². The van der Waals surface area contributed by atoms with Crippen LogP contribution in [0, 0.1) is 0 Å². The van der Waals surface area contributed by atoms with Gasteiger partial charge in [0.05, 0.1) is 13.3 Å². The molecule has 1 saturated heterocycles. The Morgan fingerprint density at radius 1 is 1.14 bits per heavy atom. The van der Waals surface area contributed by atoms with E-state index >= 15 is 0 Å². The zero-order valence-electron chi connectivity index (χ0n) is 32.6. The highest BCUT2D eigenvalue weighted by Gasteiger charge is 2.55. The van der Waals surface area contributed by atoms with Gasteiger partial charge in [0.25, 0.3) is 11.8 Å². The first kappa shape index (κ1) is 44.0. The fourth-order valence-electron chi connectivity index (χ4n) is 6.04. The van der Waals surface area contributed by atoms with Gasteiger partial charge in [0.1, 0.15) is 53.7 Å². The Balaban J connectivity index is 0.00000641. The van der Waals surface area contributed by atoms with Crippen molar-refractivity contribution in [2.45, 2.75) is 77.2 Å². The van der Waals surface area contributed by atoms with Gasteiger partial charge in [-0.1, -0.05) is 17.3 Å². The Morgan fingerprint density at radius 2 is 1.91 bits per heavy atom. The summed E-state index contributed by atoms with van der Waals surface area (Å²) in [5.74, 6) is -1.11. The number of rotatable bonds is 16. The van der Waals surface area contributed by atoms with Crippen LogP contribution in [0.5, 0.6) is 5.75 Å². The lowest BCUT2D eigenvalue weighted by Crippen LogP contribution is -3.00. The number of pyridine rings is 1. The number of fused-ring (bicyclic) bond motifs is 2. The summed E-state index contributed by atoms with van der Waals surface area (Å²) < 4.78 is 24.5. The van der Waals surface area contributed by atoms with Gasteiger partial charge >= 0.3 is 17.7 Å². The number of methoxy groups -OCH3 is 1. The average molecular weight is 902 g/mol. The number of aryl methyl sites for hydroxylation is 1. The highest BCUT2D eigenvalue weighted by atomic mass is 79.9. The molecule has 3 amide bonds. The van der Waals surface area contributed by atoms with Crippen molar-refractivity contribution in [2.24, 2.45) is 10.9 Å². The van der Waals surface area contributed by atoms with Gasteiger partial charge < -0.3 is 51.6 Å². The maximum Gasteiger partial charge on any atom is 0.414 e. The molecule has 2 unspecified atom stereocenters. The number of nitrogens with zero attached hydrogens (tertiary/aromatic N) is 7. The number of carbonyl (C=O) groups excluding carboxylic acids is 4. The molecular formula is C37H45BrN10O8S2. The maximum atomic E-state index is 14.0. The number of imidazole rings is 1. The monoisotopic (exact) mass is 900 g/mol. The Labute approximate surface area is 353 Å². The van der Waals surface area contributed by atoms with Crippen LogP contribution in [0.15, 0.2) is 65.3 Å². The van der Waals surface area contributed by atoms with Gasteiger partial charge in [0.15, 0.2) is 0 Å². The first-order valence-electron chi connectivity index (χ1n) is 18.3. The molecule has 18 nitrogen and oxygen atoms in total. The van der Waals surface area contributed by atoms with Gasteiger partial charge in [-0.25, -0.2) is 14.2 Å². The normalized spacial score (nSPS) is 16.6. The molecule has 2 aliphatic rings. The standard InChI is InChI=1S/C37H44N10O8S2.BrH/c1-6-54-43-26(29-41-35(57-44-29)42-36(51)55-37(2,3)4)31(48)40-27-32(49)47-28(34(50)53-19-22-11-13-24(52-5)14-12-22)23(20-56-33(27)47)18-45-17-9-10-25-30(45)39-21-46(25)16-8-7-15-38;/h9-14,17,21,27,33H,6-8,15-16,18-20,38H2,1-5H3,(H-,40,41,42,44,48,51);1H/b43-26-;. The molecule has 0 aliphatic carbocycles. The SMILES string of the molecule is CCO/N=C(\C(=O)NC1C(=O)N2C(C(=O)OCc3ccc(OC)cc3)=C(C[n+]3cccc4c3ncn4CCCCN)CSC12)c1nsc(NC(=O)OC(C)(C)C)n1.[Br-]. The van der Waals surface area contributed by atoms with E-state index in [9.17, 15) is 19.2 Å². The molecule has 1 fully saturated rings. The minimum Gasteiger partial charge on any atom is -1.00 e. The second-order valence-electron chi connectivity index (χ2n) is 13.9. The molecule has 21 heteroatoms. The molecular weight excluding hydrogens is 857 g/mol. The van der Waals surface area contributed by atoms with E-state index in [1.165, 1.54) is 16.7 Å². The Bertz CT molecular complexity index is 2190. The van der Waals surface area contributed by atoms with E-state index < -0.39 is 40.9 Å². The summed E-state index contributed by atoms with van der Waals surface area (Å²) in [6.07, 6.45) is 4.72. The summed E-state index contributed by atoms with van der Waals surface area (Å²) in [5.41, 5.74) is 7.79. The number of hydrogen-bond donors (Lipinski definition) is 3. The number of aromatic nitrogens is 5. The minimum atomic E-state index is -1.03. The van der Waals surface area contributed by atoms with Crippen molar-refractivity contribution in [3.05, 3.63) is 71.6 Å². The number of hydrogen-bond acceptors (Lipinski definition) is 15. The summed E-state index contributed by atoms with van der Waals surface area (Å²) in [6.45, 7) is 8.55. The third-order valence-corrected chi connectivity index (χ3v) is 10.6. The first-order chi connectivity index (χ1) is 27.4. The first-order valence-corrected chi connectivity index (χ1v) is 20.1. The van der Waals surface area contributed by atoms with Crippen LogP contribution in [0.2, 0.25) is 0 Å². The fourth-order valence-corrected chi connectivity index (χ4v) is 7.93. The molecule has 5 heterocycles. The quantitative estimate of drug-likeness (QED) is 0.0340. The molecule has 1 aromatic carbocycles. The van der Waals surface area contributed by atoms with Crippen LogP contribution in [-0.4, -0.2) is 96.4 Å². The van der Waals surface area contributed by atoms with Crippen LogP contribution in [0.25, 0.3) is 11.2 Å². The highest BCUT2D eigenvalue weighted by Crippen LogP contribution is 2.41. The molecule has 310 valence electrons. The van der Waals surface area contributed by atoms with Crippen molar-refractivity contribution in [3.8, 4) is 5.75 Å². The number of carbonyl (C=O) groups is 4. The lowest BCUT2D eigenvalue weighted by Gasteiger charge is -2.49. The van der Waals surface area contributed by atoms with Crippen molar-refractivity contribution in [1.29, 1.82) is 0 Å². The molecule has 0 saturated carbocycles. The topological polar surface area (TPSA) is 218 Å². The van der Waals surface area contributed by atoms with Gasteiger partial charge in [0.2, 0.25) is 23.0 Å². The van der Waals surface area contributed by atoms with E-state index in [0.29, 0.717) is 23.6 Å². The molecule has 58 heavy (non-hydrogen) atoms. The van der Waals surface area contributed by atoms with Crippen LogP contribution in [0.3, 0.4) is 0 Å². The lowest BCUT2D eigenvalue weighted by atomic mass is 10.0. The van der Waals surface area contributed by atoms with E-state index in [0.717, 1.165) is 47.6 Å². The van der Waals surface area contributed by atoms with Crippen LogP contribution in [0.1, 0.15) is 51.9 Å². The van der Waals surface area contributed by atoms with Crippen molar-refractivity contribution in [2.75, 3.05) is 31.3 Å². The number of amides is 3. The van der Waals surface area contributed by atoms with Gasteiger partial charge in [0, 0.05) is 29.4 Å². The summed E-state index contributed by atoms with van der Waals surface area (Å²) in [6, 6.07) is 9.98. The average Bonchev–Trinajstić information content (AvgIpc) is 3.83. The number of thioether (sulfide) groups is 1. The minimum absolute atomic E-state index is 0. The lowest BCUT2D eigenvalue weighted by molar-refractivity contribution is -0.664. The number of esters is 1. The van der Waals surface area contributed by atoms with Gasteiger partial charge in [-0.2, -0.15) is 9.36 Å². The second kappa shape index (κ2) is 19.6. The summed E-state index contributed by atoms with van der Waals surface area (Å²) >= 11 is 2.21. The van der Waals surface area contributed by atoms with Crippen molar-refractivity contribution >= 4 is 69.2 Å². The molecule has 0 spiro atoms. The maximum absolute atomic E-state index is 14.0. The number of ether oxygens (including phenoxy) is 3. The third-order valence-electron chi connectivity index (χ3n) is 8.67. The van der Waals surface area contributed by atoms with Gasteiger partial charge in [-0.3, -0.25) is 19.8 Å². The molecule has 3 aromatic heterocycles. The second-order valence-corrected chi connectivity index (χ2v) is 15.8.